The Labute approximate surface area is 140 Å². The molecule has 5 heteroatoms. The molecule has 2 aromatic rings. The third kappa shape index (κ3) is 3.85. The maximum Gasteiger partial charge on any atom is 0.226 e. The van der Waals surface area contributed by atoms with E-state index < -0.39 is 0 Å². The number of carbonyl (C=O) groups is 2. The number of rotatable bonds is 4. The van der Waals surface area contributed by atoms with Crippen molar-refractivity contribution in [2.45, 2.75) is 19.3 Å². The van der Waals surface area contributed by atoms with Crippen molar-refractivity contribution in [3.63, 3.8) is 0 Å². The number of ketones is 1. The number of hydrogen-bond donors (Lipinski definition) is 0. The van der Waals surface area contributed by atoms with Crippen LogP contribution >= 0.6 is 0 Å². The van der Waals surface area contributed by atoms with Crippen LogP contribution in [0.5, 0.6) is 0 Å². The van der Waals surface area contributed by atoms with Crippen LogP contribution in [0.15, 0.2) is 48.8 Å². The normalized spacial score (nSPS) is 15.3. The fourth-order valence-corrected chi connectivity index (χ4v) is 3.07. The van der Waals surface area contributed by atoms with Crippen LogP contribution in [0.1, 0.15) is 28.8 Å². The van der Waals surface area contributed by atoms with E-state index in [-0.39, 0.29) is 29.8 Å². The molecule has 0 bridgehead atoms. The zero-order chi connectivity index (χ0) is 16.9. The Morgan fingerprint density at radius 3 is 2.62 bits per heavy atom. The molecular formula is C19H19FN2O2. The second kappa shape index (κ2) is 7.34. The van der Waals surface area contributed by atoms with Gasteiger partial charge in [-0.1, -0.05) is 12.1 Å². The Kier molecular flexibility index (Phi) is 4.99. The van der Waals surface area contributed by atoms with Crippen LogP contribution in [-0.4, -0.2) is 34.7 Å². The second-order valence-corrected chi connectivity index (χ2v) is 6.07. The summed E-state index contributed by atoms with van der Waals surface area (Å²) >= 11 is 0. The van der Waals surface area contributed by atoms with Gasteiger partial charge in [-0.15, -0.1) is 0 Å². The quantitative estimate of drug-likeness (QED) is 0.812. The lowest BCUT2D eigenvalue weighted by Gasteiger charge is -2.31. The maximum absolute atomic E-state index is 13.2. The van der Waals surface area contributed by atoms with Gasteiger partial charge in [0.15, 0.2) is 5.78 Å². The van der Waals surface area contributed by atoms with Crippen LogP contribution in [0.25, 0.3) is 0 Å². The highest BCUT2D eigenvalue weighted by atomic mass is 19.1. The van der Waals surface area contributed by atoms with E-state index in [1.54, 1.807) is 41.6 Å². The average Bonchev–Trinajstić information content (AvgIpc) is 2.62. The summed E-state index contributed by atoms with van der Waals surface area (Å²) < 4.78 is 13.2. The van der Waals surface area contributed by atoms with Crippen molar-refractivity contribution in [3.05, 3.63) is 65.7 Å². The van der Waals surface area contributed by atoms with Gasteiger partial charge in [-0.25, -0.2) is 4.39 Å². The van der Waals surface area contributed by atoms with Gasteiger partial charge < -0.3 is 4.90 Å². The summed E-state index contributed by atoms with van der Waals surface area (Å²) in [6.07, 6.45) is 4.73. The third-order valence-corrected chi connectivity index (χ3v) is 4.41. The van der Waals surface area contributed by atoms with Crippen molar-refractivity contribution < 1.29 is 14.0 Å². The zero-order valence-corrected chi connectivity index (χ0v) is 13.3. The minimum Gasteiger partial charge on any atom is -0.342 e. The number of piperidine rings is 1. The molecule has 0 spiro atoms. The molecule has 4 nitrogen and oxygen atoms in total. The fourth-order valence-electron chi connectivity index (χ4n) is 3.07. The van der Waals surface area contributed by atoms with Gasteiger partial charge in [-0.3, -0.25) is 14.6 Å². The summed E-state index contributed by atoms with van der Waals surface area (Å²) in [5, 5.41) is 0. The molecule has 3 rings (SSSR count). The number of Topliss-reactive ketones (excluding diaryl/α,β-unsaturated/α-hetero) is 1. The topological polar surface area (TPSA) is 50.3 Å². The van der Waals surface area contributed by atoms with Crippen LogP contribution in [0, 0.1) is 11.7 Å². The molecular weight excluding hydrogens is 307 g/mol. The van der Waals surface area contributed by atoms with Gasteiger partial charge in [-0.2, -0.15) is 0 Å². The van der Waals surface area contributed by atoms with Crippen molar-refractivity contribution in [2.75, 3.05) is 13.1 Å². The molecule has 0 saturated carbocycles. The number of amides is 1. The molecule has 1 aromatic heterocycles. The molecule has 1 aliphatic rings. The molecule has 1 aromatic carbocycles. The molecule has 1 fully saturated rings. The lowest BCUT2D eigenvalue weighted by atomic mass is 9.89. The van der Waals surface area contributed by atoms with Crippen LogP contribution in [0.4, 0.5) is 4.39 Å². The summed E-state index contributed by atoms with van der Waals surface area (Å²) in [5.41, 5.74) is 1.30. The first-order valence-corrected chi connectivity index (χ1v) is 8.10. The Balaban J connectivity index is 1.55. The molecule has 1 saturated heterocycles. The van der Waals surface area contributed by atoms with E-state index in [1.807, 2.05) is 0 Å². The Morgan fingerprint density at radius 1 is 1.17 bits per heavy atom. The van der Waals surface area contributed by atoms with Gasteiger partial charge in [-0.05, 0) is 42.7 Å². The SMILES string of the molecule is O=C(c1cccnc1)C1CCN(C(=O)Cc2cccc(F)c2)CC1. The predicted octanol–water partition coefficient (Wildman–Crippen LogP) is 2.88. The van der Waals surface area contributed by atoms with Crippen LogP contribution < -0.4 is 0 Å². The molecule has 124 valence electrons. The largest absolute Gasteiger partial charge is 0.342 e. The lowest BCUT2D eigenvalue weighted by Crippen LogP contribution is -2.41. The highest BCUT2D eigenvalue weighted by Crippen LogP contribution is 2.22. The first-order chi connectivity index (χ1) is 11.6. The van der Waals surface area contributed by atoms with E-state index in [4.69, 9.17) is 0 Å². The highest BCUT2D eigenvalue weighted by Gasteiger charge is 2.27. The van der Waals surface area contributed by atoms with E-state index >= 15 is 0 Å². The number of pyridine rings is 1. The van der Waals surface area contributed by atoms with Crippen LogP contribution in [0.3, 0.4) is 0 Å². The Hall–Kier alpha value is -2.56. The van der Waals surface area contributed by atoms with E-state index in [0.717, 1.165) is 0 Å². The van der Waals surface area contributed by atoms with E-state index in [2.05, 4.69) is 4.98 Å². The molecule has 0 aliphatic carbocycles. The second-order valence-electron chi connectivity index (χ2n) is 6.07. The molecule has 0 N–H and O–H groups in total. The standard InChI is InChI=1S/C19H19FN2O2/c20-17-5-1-3-14(11-17)12-18(23)22-9-6-15(7-10-22)19(24)16-4-2-8-21-13-16/h1-5,8,11,13,15H,6-7,9-10,12H2. The number of likely N-dealkylation sites (tertiary alicyclic amines) is 1. The molecule has 1 aliphatic heterocycles. The zero-order valence-electron chi connectivity index (χ0n) is 13.3. The van der Waals surface area contributed by atoms with E-state index in [1.165, 1.54) is 12.1 Å². The van der Waals surface area contributed by atoms with Crippen molar-refractivity contribution in [1.29, 1.82) is 0 Å². The monoisotopic (exact) mass is 326 g/mol. The molecule has 0 radical (unpaired) electrons. The van der Waals surface area contributed by atoms with E-state index in [0.29, 0.717) is 37.1 Å². The number of nitrogens with zero attached hydrogens (tertiary/aromatic N) is 2. The van der Waals surface area contributed by atoms with Crippen molar-refractivity contribution >= 4 is 11.7 Å². The summed E-state index contributed by atoms with van der Waals surface area (Å²) in [6.45, 7) is 1.12. The van der Waals surface area contributed by atoms with Gasteiger partial charge in [0.1, 0.15) is 5.82 Å². The van der Waals surface area contributed by atoms with Gasteiger partial charge in [0.25, 0.3) is 0 Å². The minimum absolute atomic E-state index is 0.0205. The van der Waals surface area contributed by atoms with Crippen molar-refractivity contribution in [1.82, 2.24) is 9.88 Å². The molecule has 24 heavy (non-hydrogen) atoms. The number of aromatic nitrogens is 1. The highest BCUT2D eigenvalue weighted by molar-refractivity contribution is 5.97. The lowest BCUT2D eigenvalue weighted by molar-refractivity contribution is -0.131. The maximum atomic E-state index is 13.2. The molecule has 0 atom stereocenters. The molecule has 2 heterocycles. The number of carbonyl (C=O) groups excluding carboxylic acids is 2. The van der Waals surface area contributed by atoms with Gasteiger partial charge in [0.05, 0.1) is 6.42 Å². The van der Waals surface area contributed by atoms with Crippen LogP contribution in [0.2, 0.25) is 0 Å². The van der Waals surface area contributed by atoms with Crippen molar-refractivity contribution in [2.24, 2.45) is 5.92 Å². The van der Waals surface area contributed by atoms with Gasteiger partial charge in [0, 0.05) is 37.0 Å². The number of hydrogen-bond acceptors (Lipinski definition) is 3. The van der Waals surface area contributed by atoms with Gasteiger partial charge >= 0.3 is 0 Å². The first kappa shape index (κ1) is 16.3. The van der Waals surface area contributed by atoms with Gasteiger partial charge in [0.2, 0.25) is 5.91 Å². The number of benzene rings is 1. The van der Waals surface area contributed by atoms with Crippen molar-refractivity contribution in [3.8, 4) is 0 Å². The first-order valence-electron chi connectivity index (χ1n) is 8.10. The Bertz CT molecular complexity index is 725. The minimum atomic E-state index is -0.332. The summed E-state index contributed by atoms with van der Waals surface area (Å²) in [6, 6.07) is 9.64. The smallest absolute Gasteiger partial charge is 0.226 e. The molecule has 0 unspecified atom stereocenters. The third-order valence-electron chi connectivity index (χ3n) is 4.41. The van der Waals surface area contributed by atoms with E-state index in [9.17, 15) is 14.0 Å². The average molecular weight is 326 g/mol. The summed E-state index contributed by atoms with van der Waals surface area (Å²) in [7, 11) is 0. The predicted molar refractivity (Wildman–Crippen MR) is 88.0 cm³/mol. The summed E-state index contributed by atoms with van der Waals surface area (Å²) in [4.78, 5) is 30.5. The van der Waals surface area contributed by atoms with Crippen LogP contribution in [-0.2, 0) is 11.2 Å². The fraction of sp³-hybridized carbons (Fsp3) is 0.316. The summed E-state index contributed by atoms with van der Waals surface area (Å²) in [5.74, 6) is -0.318. The molecule has 1 amide bonds. The number of halogens is 1. The Morgan fingerprint density at radius 2 is 1.96 bits per heavy atom.